The van der Waals surface area contributed by atoms with Crippen LogP contribution >= 0.6 is 0 Å². The van der Waals surface area contributed by atoms with E-state index in [-0.39, 0.29) is 16.7 Å². The van der Waals surface area contributed by atoms with Crippen molar-refractivity contribution >= 4 is 29.2 Å². The van der Waals surface area contributed by atoms with Gasteiger partial charge in [-0.05, 0) is 26.2 Å². The molecule has 1 N–H and O–H groups in total. The van der Waals surface area contributed by atoms with Crippen molar-refractivity contribution in [2.24, 2.45) is 5.41 Å². The van der Waals surface area contributed by atoms with Gasteiger partial charge in [-0.15, -0.1) is 0 Å². The van der Waals surface area contributed by atoms with Crippen molar-refractivity contribution in [2.45, 2.75) is 45.4 Å². The van der Waals surface area contributed by atoms with Crippen molar-refractivity contribution in [3.63, 3.8) is 0 Å². The second kappa shape index (κ2) is 6.39. The van der Waals surface area contributed by atoms with Crippen LogP contribution in [0.1, 0.15) is 44.4 Å². The number of carbonyl (C=O) groups is 1. The molecule has 1 amide bonds. The summed E-state index contributed by atoms with van der Waals surface area (Å²) >= 11 is 0. The van der Waals surface area contributed by atoms with E-state index in [2.05, 4.69) is 38.1 Å². The maximum absolute atomic E-state index is 11.5. The van der Waals surface area contributed by atoms with Crippen LogP contribution in [-0.2, 0) is 10.2 Å². The molecule has 1 spiro atoms. The fourth-order valence-corrected chi connectivity index (χ4v) is 4.60. The molecule has 0 atom stereocenters. The number of hydrogen-bond donors (Lipinski definition) is 1. The number of aryl methyl sites for hydroxylation is 1. The van der Waals surface area contributed by atoms with Gasteiger partial charge in [0.15, 0.2) is 0 Å². The van der Waals surface area contributed by atoms with Crippen LogP contribution in [0.3, 0.4) is 0 Å². The third-order valence-electron chi connectivity index (χ3n) is 6.65. The second-order valence-electron chi connectivity index (χ2n) is 8.90. The molecule has 1 saturated carbocycles. The van der Waals surface area contributed by atoms with E-state index in [4.69, 9.17) is 4.98 Å². The number of nitrogens with one attached hydrogen (secondary N) is 1. The third-order valence-corrected chi connectivity index (χ3v) is 6.65. The summed E-state index contributed by atoms with van der Waals surface area (Å²) in [6.45, 7) is 7.71. The molecule has 0 radical (unpaired) electrons. The number of aromatic nitrogens is 3. The van der Waals surface area contributed by atoms with Crippen molar-refractivity contribution in [1.29, 1.82) is 5.26 Å². The first kappa shape index (κ1) is 18.8. The summed E-state index contributed by atoms with van der Waals surface area (Å²) in [7, 11) is 0. The summed E-state index contributed by atoms with van der Waals surface area (Å²) in [5, 5.41) is 12.3. The van der Waals surface area contributed by atoms with Crippen LogP contribution in [0, 0.1) is 23.7 Å². The van der Waals surface area contributed by atoms with Gasteiger partial charge in [0.1, 0.15) is 11.6 Å². The fourth-order valence-electron chi connectivity index (χ4n) is 4.60. The van der Waals surface area contributed by atoms with Crippen molar-refractivity contribution in [3.05, 3.63) is 29.6 Å². The van der Waals surface area contributed by atoms with Gasteiger partial charge >= 0.3 is 0 Å². The second-order valence-corrected chi connectivity index (χ2v) is 8.90. The summed E-state index contributed by atoms with van der Waals surface area (Å²) in [6, 6.07) is 6.40. The van der Waals surface area contributed by atoms with Gasteiger partial charge in [-0.25, -0.2) is 9.97 Å². The zero-order chi connectivity index (χ0) is 21.1. The van der Waals surface area contributed by atoms with E-state index >= 15 is 0 Å². The highest BCUT2D eigenvalue weighted by atomic mass is 16.1. The van der Waals surface area contributed by atoms with Gasteiger partial charge in [0.25, 0.3) is 0 Å². The van der Waals surface area contributed by atoms with E-state index in [0.29, 0.717) is 24.9 Å². The molecule has 2 aromatic rings. The maximum atomic E-state index is 11.5. The molecular formula is C22H25N7O. The van der Waals surface area contributed by atoms with Crippen LogP contribution in [0.5, 0.6) is 0 Å². The van der Waals surface area contributed by atoms with Crippen LogP contribution in [-0.4, -0.2) is 40.5 Å². The molecule has 8 heteroatoms. The maximum Gasteiger partial charge on any atom is 0.227 e. The van der Waals surface area contributed by atoms with Gasteiger partial charge in [0, 0.05) is 61.6 Å². The molecule has 1 saturated heterocycles. The summed E-state index contributed by atoms with van der Waals surface area (Å²) in [5.41, 5.74) is 3.04. The van der Waals surface area contributed by atoms with E-state index in [1.54, 1.807) is 0 Å². The minimum Gasteiger partial charge on any atom is -0.337 e. The van der Waals surface area contributed by atoms with Crippen LogP contribution in [0.25, 0.3) is 0 Å². The van der Waals surface area contributed by atoms with Crippen molar-refractivity contribution in [1.82, 2.24) is 15.0 Å². The standard InChI is InChI=1S/C22H25N7O/c1-4-21(10-23)11-28(12-21)20-25-14(2)7-19(27-20)29-13-22(5-6-22)16-9-24-18(8-17(16)29)26-15(3)30/h7-9H,4-6,11-13H2,1-3H3,(H,24,26,30). The van der Waals surface area contributed by atoms with Gasteiger partial charge in [-0.3, -0.25) is 4.79 Å². The number of nitrogens with zero attached hydrogens (tertiary/aromatic N) is 6. The van der Waals surface area contributed by atoms with Crippen molar-refractivity contribution < 1.29 is 4.79 Å². The van der Waals surface area contributed by atoms with Gasteiger partial charge in [-0.1, -0.05) is 6.92 Å². The number of fused-ring (bicyclic) bond motifs is 2. The monoisotopic (exact) mass is 403 g/mol. The first-order valence-electron chi connectivity index (χ1n) is 10.4. The van der Waals surface area contributed by atoms with Gasteiger partial charge in [0.2, 0.25) is 11.9 Å². The number of carbonyl (C=O) groups excluding carboxylic acids is 1. The van der Waals surface area contributed by atoms with E-state index in [0.717, 1.165) is 43.0 Å². The Hall–Kier alpha value is -3.21. The molecule has 3 aliphatic rings. The topological polar surface area (TPSA) is 98.0 Å². The number of nitriles is 1. The lowest BCUT2D eigenvalue weighted by atomic mass is 9.79. The Morgan fingerprint density at radius 2 is 2.03 bits per heavy atom. The molecule has 154 valence electrons. The molecule has 5 rings (SSSR count). The van der Waals surface area contributed by atoms with Crippen molar-refractivity contribution in [3.8, 4) is 6.07 Å². The number of amides is 1. The molecule has 1 aliphatic carbocycles. The molecule has 8 nitrogen and oxygen atoms in total. The Morgan fingerprint density at radius 3 is 2.67 bits per heavy atom. The number of anilines is 4. The third kappa shape index (κ3) is 2.88. The quantitative estimate of drug-likeness (QED) is 0.838. The Labute approximate surface area is 175 Å². The van der Waals surface area contributed by atoms with E-state index < -0.39 is 0 Å². The highest BCUT2D eigenvalue weighted by Crippen LogP contribution is 2.58. The lowest BCUT2D eigenvalue weighted by Crippen LogP contribution is -2.56. The number of pyridine rings is 1. The van der Waals surface area contributed by atoms with Crippen LogP contribution in [0.4, 0.5) is 23.3 Å². The van der Waals surface area contributed by atoms with E-state index in [1.165, 1.54) is 12.5 Å². The largest absolute Gasteiger partial charge is 0.337 e. The minimum absolute atomic E-state index is 0.136. The molecule has 0 bridgehead atoms. The van der Waals surface area contributed by atoms with Crippen molar-refractivity contribution in [2.75, 3.05) is 34.8 Å². The fraction of sp³-hybridized carbons (Fsp3) is 0.500. The lowest BCUT2D eigenvalue weighted by Gasteiger charge is -2.45. The molecule has 2 fully saturated rings. The first-order valence-corrected chi connectivity index (χ1v) is 10.4. The lowest BCUT2D eigenvalue weighted by molar-refractivity contribution is -0.114. The SMILES string of the molecule is CCC1(C#N)CN(c2nc(C)cc(N3CC4(CC4)c4cnc(NC(C)=O)cc43)n2)C1. The summed E-state index contributed by atoms with van der Waals surface area (Å²) < 4.78 is 0. The van der Waals surface area contributed by atoms with Gasteiger partial charge < -0.3 is 15.1 Å². The molecule has 2 aromatic heterocycles. The molecule has 0 unspecified atom stereocenters. The van der Waals surface area contributed by atoms with E-state index in [1.807, 2.05) is 25.3 Å². The molecule has 30 heavy (non-hydrogen) atoms. The molecule has 2 aliphatic heterocycles. The average Bonchev–Trinajstić information content (AvgIpc) is 3.38. The average molecular weight is 403 g/mol. The highest BCUT2D eigenvalue weighted by molar-refractivity contribution is 5.89. The minimum atomic E-state index is -0.287. The Morgan fingerprint density at radius 1 is 1.27 bits per heavy atom. The van der Waals surface area contributed by atoms with Gasteiger partial charge in [0.05, 0.1) is 17.2 Å². The Balaban J connectivity index is 1.49. The normalized spacial score (nSPS) is 19.8. The molecular weight excluding hydrogens is 378 g/mol. The molecule has 0 aromatic carbocycles. The number of hydrogen-bond acceptors (Lipinski definition) is 7. The van der Waals surface area contributed by atoms with Crippen LogP contribution < -0.4 is 15.1 Å². The van der Waals surface area contributed by atoms with Crippen LogP contribution in [0.2, 0.25) is 0 Å². The molecule has 4 heterocycles. The predicted octanol–water partition coefficient (Wildman–Crippen LogP) is 3.06. The smallest absolute Gasteiger partial charge is 0.227 e. The predicted molar refractivity (Wildman–Crippen MR) is 114 cm³/mol. The summed E-state index contributed by atoms with van der Waals surface area (Å²) in [5.74, 6) is 1.95. The van der Waals surface area contributed by atoms with Crippen LogP contribution in [0.15, 0.2) is 18.3 Å². The first-order chi connectivity index (χ1) is 14.4. The number of rotatable bonds is 4. The zero-order valence-corrected chi connectivity index (χ0v) is 17.6. The highest BCUT2D eigenvalue weighted by Gasteiger charge is 2.53. The Bertz CT molecular complexity index is 1080. The Kier molecular flexibility index (Phi) is 4.01. The van der Waals surface area contributed by atoms with Gasteiger partial charge in [-0.2, -0.15) is 10.2 Å². The van der Waals surface area contributed by atoms with E-state index in [9.17, 15) is 10.1 Å². The zero-order valence-electron chi connectivity index (χ0n) is 17.6. The summed E-state index contributed by atoms with van der Waals surface area (Å²) in [4.78, 5) is 29.8. The summed E-state index contributed by atoms with van der Waals surface area (Å²) in [6.07, 6.45) is 5.02.